The number of carbonyl (C=O) groups is 1. The van der Waals surface area contributed by atoms with Crippen molar-refractivity contribution in [2.45, 2.75) is 32.7 Å². The minimum Gasteiger partial charge on any atom is -0.469 e. The van der Waals surface area contributed by atoms with Crippen molar-refractivity contribution in [3.8, 4) is 0 Å². The van der Waals surface area contributed by atoms with Gasteiger partial charge >= 0.3 is 0 Å². The first-order valence-corrected chi connectivity index (χ1v) is 8.60. The number of carbonyl (C=O) groups excluding carboxylic acids is 1. The number of hydrogen-bond donors (Lipinski definition) is 0. The van der Waals surface area contributed by atoms with Crippen molar-refractivity contribution < 1.29 is 13.7 Å². The fraction of sp³-hybridized carbons (Fsp3) is 0.556. The Kier molecular flexibility index (Phi) is 3.92. The number of furan rings is 1. The van der Waals surface area contributed by atoms with Crippen LogP contribution in [0.25, 0.3) is 0 Å². The van der Waals surface area contributed by atoms with Gasteiger partial charge in [-0.25, -0.2) is 0 Å². The van der Waals surface area contributed by atoms with Crippen molar-refractivity contribution in [2.75, 3.05) is 26.2 Å². The van der Waals surface area contributed by atoms with E-state index in [0.717, 1.165) is 56.4 Å². The summed E-state index contributed by atoms with van der Waals surface area (Å²) in [5.41, 5.74) is 2.14. The first kappa shape index (κ1) is 15.4. The zero-order valence-electron chi connectivity index (χ0n) is 14.2. The van der Waals surface area contributed by atoms with Crippen molar-refractivity contribution in [3.05, 3.63) is 41.2 Å². The fourth-order valence-electron chi connectivity index (χ4n) is 3.60. The Hall–Kier alpha value is -2.08. The van der Waals surface area contributed by atoms with Gasteiger partial charge in [-0.2, -0.15) is 0 Å². The minimum absolute atomic E-state index is 0.116. The van der Waals surface area contributed by atoms with Gasteiger partial charge in [0, 0.05) is 50.1 Å². The molecule has 0 aromatic carbocycles. The molecule has 1 saturated heterocycles. The van der Waals surface area contributed by atoms with Gasteiger partial charge in [-0.1, -0.05) is 5.16 Å². The van der Waals surface area contributed by atoms with Crippen LogP contribution in [-0.2, 0) is 11.3 Å². The van der Waals surface area contributed by atoms with Gasteiger partial charge in [0.1, 0.15) is 11.5 Å². The summed E-state index contributed by atoms with van der Waals surface area (Å²) in [5.74, 6) is 2.53. The average Bonchev–Trinajstić information content (AvgIpc) is 3.08. The summed E-state index contributed by atoms with van der Waals surface area (Å²) in [6, 6.07) is 3.86. The van der Waals surface area contributed by atoms with Gasteiger partial charge in [-0.05, 0) is 32.4 Å². The molecule has 3 heterocycles. The second-order valence-electron chi connectivity index (χ2n) is 6.87. The van der Waals surface area contributed by atoms with Gasteiger partial charge < -0.3 is 13.8 Å². The summed E-state index contributed by atoms with van der Waals surface area (Å²) < 4.78 is 10.7. The Bertz CT molecular complexity index is 694. The molecule has 0 bridgehead atoms. The van der Waals surface area contributed by atoms with E-state index in [0.29, 0.717) is 0 Å². The highest BCUT2D eigenvalue weighted by Gasteiger charge is 2.47. The second-order valence-corrected chi connectivity index (χ2v) is 6.87. The number of hydrogen-bond acceptors (Lipinski definition) is 5. The van der Waals surface area contributed by atoms with Gasteiger partial charge in [0.25, 0.3) is 0 Å². The van der Waals surface area contributed by atoms with Gasteiger partial charge in [0.05, 0.1) is 12.0 Å². The summed E-state index contributed by atoms with van der Waals surface area (Å²) in [5, 5.41) is 4.01. The normalized spacial score (nSPS) is 24.3. The molecule has 128 valence electrons. The molecule has 6 nitrogen and oxygen atoms in total. The number of amides is 1. The number of nitrogens with zero attached hydrogens (tertiary/aromatic N) is 3. The third-order valence-electron chi connectivity index (χ3n) is 5.26. The molecular formula is C18H23N3O3. The first-order chi connectivity index (χ1) is 11.6. The molecule has 1 amide bonds. The first-order valence-electron chi connectivity index (χ1n) is 8.60. The lowest BCUT2D eigenvalue weighted by molar-refractivity contribution is -0.134. The van der Waals surface area contributed by atoms with Crippen LogP contribution in [0.4, 0.5) is 0 Å². The molecule has 2 fully saturated rings. The van der Waals surface area contributed by atoms with E-state index in [1.165, 1.54) is 5.56 Å². The van der Waals surface area contributed by atoms with Crippen LogP contribution in [-0.4, -0.2) is 47.0 Å². The summed E-state index contributed by atoms with van der Waals surface area (Å²) >= 11 is 0. The quantitative estimate of drug-likeness (QED) is 0.861. The average molecular weight is 329 g/mol. The van der Waals surface area contributed by atoms with Crippen LogP contribution in [0, 0.1) is 19.8 Å². The van der Waals surface area contributed by atoms with E-state index in [1.807, 2.05) is 30.9 Å². The topological polar surface area (TPSA) is 62.7 Å². The van der Waals surface area contributed by atoms with Crippen molar-refractivity contribution in [2.24, 2.45) is 5.92 Å². The Balaban J connectivity index is 1.30. The van der Waals surface area contributed by atoms with Crippen LogP contribution < -0.4 is 0 Å². The molecule has 2 atom stereocenters. The van der Waals surface area contributed by atoms with E-state index in [-0.39, 0.29) is 17.7 Å². The molecule has 0 N–H and O–H groups in total. The second kappa shape index (κ2) is 6.09. The molecule has 1 aliphatic carbocycles. The predicted octanol–water partition coefficient (Wildman–Crippen LogP) is 2.33. The maximum absolute atomic E-state index is 12.6. The Morgan fingerprint density at radius 3 is 2.71 bits per heavy atom. The Labute approximate surface area is 141 Å². The molecule has 1 aliphatic heterocycles. The van der Waals surface area contributed by atoms with Crippen LogP contribution >= 0.6 is 0 Å². The van der Waals surface area contributed by atoms with Gasteiger partial charge in [0.2, 0.25) is 5.91 Å². The van der Waals surface area contributed by atoms with E-state index in [1.54, 1.807) is 6.26 Å². The van der Waals surface area contributed by atoms with E-state index in [9.17, 15) is 4.79 Å². The summed E-state index contributed by atoms with van der Waals surface area (Å²) in [4.78, 5) is 17.0. The Morgan fingerprint density at radius 2 is 2.08 bits per heavy atom. The highest BCUT2D eigenvalue weighted by Crippen LogP contribution is 2.48. The number of piperazine rings is 1. The number of aromatic nitrogens is 1. The maximum atomic E-state index is 12.6. The van der Waals surface area contributed by atoms with E-state index < -0.39 is 0 Å². The molecule has 2 aliphatic rings. The van der Waals surface area contributed by atoms with Crippen LogP contribution in [0.2, 0.25) is 0 Å². The van der Waals surface area contributed by atoms with Crippen molar-refractivity contribution in [1.29, 1.82) is 0 Å². The highest BCUT2D eigenvalue weighted by molar-refractivity contribution is 5.83. The third-order valence-corrected chi connectivity index (χ3v) is 5.26. The largest absolute Gasteiger partial charge is 0.469 e. The molecule has 24 heavy (non-hydrogen) atoms. The van der Waals surface area contributed by atoms with E-state index in [4.69, 9.17) is 8.94 Å². The summed E-state index contributed by atoms with van der Waals surface area (Å²) in [6.07, 6.45) is 2.61. The van der Waals surface area contributed by atoms with Crippen molar-refractivity contribution in [1.82, 2.24) is 15.0 Å². The molecule has 0 radical (unpaired) electrons. The lowest BCUT2D eigenvalue weighted by atomic mass is 10.1. The zero-order valence-corrected chi connectivity index (χ0v) is 14.2. The lowest BCUT2D eigenvalue weighted by Gasteiger charge is -2.34. The highest BCUT2D eigenvalue weighted by atomic mass is 16.5. The van der Waals surface area contributed by atoms with Crippen LogP contribution in [0.15, 0.2) is 27.3 Å². The lowest BCUT2D eigenvalue weighted by Crippen LogP contribution is -2.48. The molecule has 2 aromatic rings. The molecular weight excluding hydrogens is 306 g/mol. The fourth-order valence-corrected chi connectivity index (χ4v) is 3.60. The van der Waals surface area contributed by atoms with Crippen LogP contribution in [0.5, 0.6) is 0 Å². The smallest absolute Gasteiger partial charge is 0.226 e. The van der Waals surface area contributed by atoms with Gasteiger partial charge in [0.15, 0.2) is 0 Å². The number of rotatable bonds is 4. The minimum atomic E-state index is 0.116. The molecule has 6 heteroatoms. The SMILES string of the molecule is Cc1noc(C)c1CN1CCN(C(=O)C2CC2c2ccco2)CC1. The molecule has 1 saturated carbocycles. The number of aryl methyl sites for hydroxylation is 2. The maximum Gasteiger partial charge on any atom is 0.226 e. The Morgan fingerprint density at radius 1 is 1.29 bits per heavy atom. The summed E-state index contributed by atoms with van der Waals surface area (Å²) in [6.45, 7) is 8.17. The van der Waals surface area contributed by atoms with Crippen LogP contribution in [0.1, 0.15) is 35.1 Å². The molecule has 2 aromatic heterocycles. The van der Waals surface area contributed by atoms with Gasteiger partial charge in [-0.3, -0.25) is 9.69 Å². The molecule has 2 unspecified atom stereocenters. The monoisotopic (exact) mass is 329 g/mol. The van der Waals surface area contributed by atoms with E-state index >= 15 is 0 Å². The van der Waals surface area contributed by atoms with E-state index in [2.05, 4.69) is 10.1 Å². The van der Waals surface area contributed by atoms with Crippen molar-refractivity contribution >= 4 is 5.91 Å². The van der Waals surface area contributed by atoms with Crippen LogP contribution in [0.3, 0.4) is 0 Å². The standard InChI is InChI=1S/C18H23N3O3/c1-12-16(13(2)24-19-12)11-20-5-7-21(8-6-20)18(22)15-10-14(15)17-4-3-9-23-17/h3-4,9,14-15H,5-8,10-11H2,1-2H3. The third kappa shape index (κ3) is 2.86. The zero-order chi connectivity index (χ0) is 16.7. The summed E-state index contributed by atoms with van der Waals surface area (Å²) in [7, 11) is 0. The predicted molar refractivity (Wildman–Crippen MR) is 87.4 cm³/mol. The molecule has 0 spiro atoms. The van der Waals surface area contributed by atoms with Gasteiger partial charge in [-0.15, -0.1) is 0 Å². The van der Waals surface area contributed by atoms with Crippen molar-refractivity contribution in [3.63, 3.8) is 0 Å². The molecule has 4 rings (SSSR count).